The van der Waals surface area contributed by atoms with Gasteiger partial charge in [-0.25, -0.2) is 13.4 Å². The van der Waals surface area contributed by atoms with E-state index in [1.165, 1.54) is 18.1 Å². The van der Waals surface area contributed by atoms with Crippen molar-refractivity contribution in [2.45, 2.75) is 11.8 Å². The molecule has 42 heavy (non-hydrogen) atoms. The van der Waals surface area contributed by atoms with E-state index in [4.69, 9.17) is 4.74 Å². The molecule has 0 saturated carbocycles. The number of benzene rings is 3. The number of carbonyl (C=O) groups excluding carboxylic acids is 2. The molecule has 0 aliphatic rings. The topological polar surface area (TPSA) is 130 Å². The third-order valence-electron chi connectivity index (χ3n) is 6.26. The number of aryl methyl sites for hydroxylation is 1. The molecule has 0 atom stereocenters. The fraction of sp³-hybridized carbons (Fsp3) is 0.194. The predicted molar refractivity (Wildman–Crippen MR) is 163 cm³/mol. The van der Waals surface area contributed by atoms with Crippen LogP contribution in [0.3, 0.4) is 0 Å². The molecule has 0 spiro atoms. The number of anilines is 2. The zero-order valence-corrected chi connectivity index (χ0v) is 24.7. The molecule has 4 rings (SSSR count). The van der Waals surface area contributed by atoms with Crippen LogP contribution in [0.15, 0.2) is 89.8 Å². The second-order valence-corrected chi connectivity index (χ2v) is 11.4. The molecule has 3 N–H and O–H groups in total. The van der Waals surface area contributed by atoms with E-state index in [2.05, 4.69) is 20.3 Å². The molecule has 2 amide bonds. The number of carbonyl (C=O) groups is 2. The van der Waals surface area contributed by atoms with Gasteiger partial charge in [-0.15, -0.1) is 0 Å². The van der Waals surface area contributed by atoms with Crippen molar-refractivity contribution >= 4 is 33.2 Å². The number of sulfonamides is 1. The Balaban J connectivity index is 1.46. The van der Waals surface area contributed by atoms with Crippen LogP contribution in [0.25, 0.3) is 11.3 Å². The van der Waals surface area contributed by atoms with Crippen molar-refractivity contribution in [1.29, 1.82) is 0 Å². The van der Waals surface area contributed by atoms with Gasteiger partial charge in [0.1, 0.15) is 16.3 Å². The monoisotopic (exact) mass is 587 g/mol. The number of hydrogen-bond donors (Lipinski definition) is 3. The van der Waals surface area contributed by atoms with Crippen molar-refractivity contribution in [3.05, 3.63) is 102 Å². The minimum absolute atomic E-state index is 0.0779. The Hall–Kier alpha value is -4.90. The number of nitrogens with zero attached hydrogens (tertiary/aromatic N) is 2. The summed E-state index contributed by atoms with van der Waals surface area (Å²) in [5, 5.41) is 6.05. The second kappa shape index (κ2) is 13.2. The van der Waals surface area contributed by atoms with Gasteiger partial charge in [0.25, 0.3) is 21.8 Å². The maximum Gasteiger partial charge on any atom is 0.271 e. The fourth-order valence-electron chi connectivity index (χ4n) is 4.16. The summed E-state index contributed by atoms with van der Waals surface area (Å²) in [7, 11) is 0.586. The van der Waals surface area contributed by atoms with Gasteiger partial charge in [0.2, 0.25) is 0 Å². The fourth-order valence-corrected chi connectivity index (χ4v) is 5.41. The largest absolute Gasteiger partial charge is 0.495 e. The molecule has 0 aliphatic heterocycles. The summed E-state index contributed by atoms with van der Waals surface area (Å²) in [6, 6.07) is 23.9. The van der Waals surface area contributed by atoms with Crippen LogP contribution >= 0.6 is 0 Å². The van der Waals surface area contributed by atoms with Crippen molar-refractivity contribution < 1.29 is 22.7 Å². The van der Waals surface area contributed by atoms with Crippen LogP contribution in [0.1, 0.15) is 26.4 Å². The summed E-state index contributed by atoms with van der Waals surface area (Å²) in [5.74, 6) is -0.267. The van der Waals surface area contributed by atoms with Gasteiger partial charge in [0, 0.05) is 44.0 Å². The molecule has 4 aromatic rings. The number of hydrogen-bond acceptors (Lipinski definition) is 7. The molecule has 10 nitrogen and oxygen atoms in total. The summed E-state index contributed by atoms with van der Waals surface area (Å²) in [6.45, 7) is 2.74. The molecular weight excluding hydrogens is 554 g/mol. The second-order valence-electron chi connectivity index (χ2n) is 9.71. The zero-order valence-electron chi connectivity index (χ0n) is 23.8. The minimum Gasteiger partial charge on any atom is -0.495 e. The summed E-state index contributed by atoms with van der Waals surface area (Å²) in [6.07, 6.45) is 0. The van der Waals surface area contributed by atoms with E-state index >= 15 is 0 Å². The van der Waals surface area contributed by atoms with Crippen LogP contribution < -0.4 is 20.1 Å². The van der Waals surface area contributed by atoms with Gasteiger partial charge in [-0.05, 0) is 67.6 Å². The van der Waals surface area contributed by atoms with Gasteiger partial charge < -0.3 is 20.3 Å². The van der Waals surface area contributed by atoms with Crippen molar-refractivity contribution in [2.24, 2.45) is 0 Å². The molecule has 0 radical (unpaired) electrons. The van der Waals surface area contributed by atoms with Crippen LogP contribution in [-0.2, 0) is 10.0 Å². The molecule has 0 saturated heterocycles. The van der Waals surface area contributed by atoms with Crippen molar-refractivity contribution in [3.8, 4) is 17.0 Å². The van der Waals surface area contributed by atoms with Crippen LogP contribution in [0.2, 0.25) is 0 Å². The van der Waals surface area contributed by atoms with E-state index in [9.17, 15) is 18.0 Å². The Kier molecular flexibility index (Phi) is 9.43. The minimum atomic E-state index is -4.08. The molecule has 0 bridgehead atoms. The highest BCUT2D eigenvalue weighted by atomic mass is 32.2. The molecular formula is C31H33N5O5S. The first-order chi connectivity index (χ1) is 20.1. The summed E-state index contributed by atoms with van der Waals surface area (Å²) < 4.78 is 35.0. The first kappa shape index (κ1) is 30.1. The zero-order chi connectivity index (χ0) is 30.3. The molecule has 218 valence electrons. The lowest BCUT2D eigenvalue weighted by Gasteiger charge is -2.15. The van der Waals surface area contributed by atoms with E-state index in [-0.39, 0.29) is 28.2 Å². The lowest BCUT2D eigenvalue weighted by Crippen LogP contribution is -2.28. The van der Waals surface area contributed by atoms with E-state index in [0.29, 0.717) is 41.3 Å². The Morgan fingerprint density at radius 1 is 0.881 bits per heavy atom. The van der Waals surface area contributed by atoms with Gasteiger partial charge in [-0.2, -0.15) is 0 Å². The highest BCUT2D eigenvalue weighted by Gasteiger charge is 2.22. The molecule has 0 unspecified atom stereocenters. The number of nitrogens with one attached hydrogen (secondary N) is 3. The van der Waals surface area contributed by atoms with Gasteiger partial charge in [-0.1, -0.05) is 29.8 Å². The van der Waals surface area contributed by atoms with Crippen molar-refractivity contribution in [2.75, 3.05) is 44.3 Å². The number of amides is 2. The van der Waals surface area contributed by atoms with Crippen molar-refractivity contribution in [1.82, 2.24) is 15.2 Å². The SMILES string of the molecule is COc1ccc(-c2cccc(C(=O)N(C)C)n2)cc1S(=O)(=O)Nc1cccc(NCCNC(=O)c2cccc(C)c2)c1. The van der Waals surface area contributed by atoms with Crippen LogP contribution in [0.5, 0.6) is 5.75 Å². The normalized spacial score (nSPS) is 11.0. The number of rotatable bonds is 11. The van der Waals surface area contributed by atoms with Crippen LogP contribution in [0, 0.1) is 6.92 Å². The van der Waals surface area contributed by atoms with Crippen LogP contribution in [0.4, 0.5) is 11.4 Å². The molecule has 3 aromatic carbocycles. The van der Waals surface area contributed by atoms with E-state index in [0.717, 1.165) is 5.56 Å². The smallest absolute Gasteiger partial charge is 0.271 e. The maximum atomic E-state index is 13.5. The van der Waals surface area contributed by atoms with E-state index in [1.807, 2.05) is 25.1 Å². The third kappa shape index (κ3) is 7.43. The Labute approximate surface area is 245 Å². The van der Waals surface area contributed by atoms with Gasteiger partial charge in [0.15, 0.2) is 0 Å². The number of aromatic nitrogens is 1. The maximum absolute atomic E-state index is 13.5. The summed E-state index contributed by atoms with van der Waals surface area (Å²) in [4.78, 5) is 30.5. The standard InChI is InChI=1S/C31H33N5O5S/c1-21-8-5-9-23(18-21)30(37)33-17-16-32-24-10-6-11-25(20-24)35-42(39,40)29-19-22(14-15-28(29)41-4)26-12-7-13-27(34-26)31(38)36(2)3/h5-15,18-20,32,35H,16-17H2,1-4H3,(H,33,37). The summed E-state index contributed by atoms with van der Waals surface area (Å²) in [5.41, 5.74) is 3.81. The Bertz CT molecular complexity index is 1710. The number of methoxy groups -OCH3 is 1. The molecule has 1 aromatic heterocycles. The van der Waals surface area contributed by atoms with E-state index in [1.54, 1.807) is 74.8 Å². The Morgan fingerprint density at radius 3 is 2.36 bits per heavy atom. The third-order valence-corrected chi connectivity index (χ3v) is 7.66. The highest BCUT2D eigenvalue weighted by molar-refractivity contribution is 7.92. The average Bonchev–Trinajstić information content (AvgIpc) is 2.98. The molecule has 0 fully saturated rings. The van der Waals surface area contributed by atoms with Crippen LogP contribution in [-0.4, -0.2) is 64.4 Å². The summed E-state index contributed by atoms with van der Waals surface area (Å²) >= 11 is 0. The highest BCUT2D eigenvalue weighted by Crippen LogP contribution is 2.31. The first-order valence-corrected chi connectivity index (χ1v) is 14.6. The van der Waals surface area contributed by atoms with Gasteiger partial charge in [-0.3, -0.25) is 14.3 Å². The Morgan fingerprint density at radius 2 is 1.62 bits per heavy atom. The van der Waals surface area contributed by atoms with Gasteiger partial charge in [0.05, 0.1) is 18.5 Å². The lowest BCUT2D eigenvalue weighted by molar-refractivity contribution is 0.0821. The molecule has 0 aliphatic carbocycles. The van der Waals surface area contributed by atoms with E-state index < -0.39 is 10.0 Å². The quantitative estimate of drug-likeness (QED) is 0.222. The molecule has 11 heteroatoms. The number of pyridine rings is 1. The number of ether oxygens (including phenoxy) is 1. The average molecular weight is 588 g/mol. The lowest BCUT2D eigenvalue weighted by atomic mass is 10.1. The van der Waals surface area contributed by atoms with Crippen molar-refractivity contribution in [3.63, 3.8) is 0 Å². The van der Waals surface area contributed by atoms with Gasteiger partial charge >= 0.3 is 0 Å². The first-order valence-electron chi connectivity index (χ1n) is 13.2. The predicted octanol–water partition coefficient (Wildman–Crippen LogP) is 4.41. The molecule has 1 heterocycles.